The monoisotopic (exact) mass is 447 g/mol. The molecule has 2 N–H and O–H groups in total. The topological polar surface area (TPSA) is 128 Å². The number of guanidine groups is 1. The summed E-state index contributed by atoms with van der Waals surface area (Å²) < 4.78 is 47.4. The maximum atomic E-state index is 15.0. The molecule has 2 aliphatic heterocycles. The minimum absolute atomic E-state index is 0.0390. The molecule has 164 valence electrons. The summed E-state index contributed by atoms with van der Waals surface area (Å²) in [5.74, 6) is -1.17. The summed E-state index contributed by atoms with van der Waals surface area (Å²) in [5, 5.41) is 0. The van der Waals surface area contributed by atoms with Gasteiger partial charge in [-0.15, -0.1) is 0 Å². The van der Waals surface area contributed by atoms with Crippen LogP contribution >= 0.6 is 0 Å². The Hall–Kier alpha value is -2.92. The summed E-state index contributed by atoms with van der Waals surface area (Å²) >= 11 is 0. The van der Waals surface area contributed by atoms with Gasteiger partial charge in [0.05, 0.1) is 11.9 Å². The molecule has 2 atom stereocenters. The molecule has 1 aromatic carbocycles. The molecule has 0 radical (unpaired) electrons. The van der Waals surface area contributed by atoms with E-state index in [2.05, 4.69) is 15.0 Å². The predicted octanol–water partition coefficient (Wildman–Crippen LogP) is 1.27. The number of nitrogens with zero attached hydrogens (tertiary/aromatic N) is 4. The summed E-state index contributed by atoms with van der Waals surface area (Å²) in [6, 6.07) is 4.15. The van der Waals surface area contributed by atoms with Gasteiger partial charge in [-0.1, -0.05) is 6.07 Å². The van der Waals surface area contributed by atoms with E-state index in [-0.39, 0.29) is 42.4 Å². The molecule has 1 saturated heterocycles. The van der Waals surface area contributed by atoms with Crippen LogP contribution in [0.2, 0.25) is 0 Å². The molecule has 1 fully saturated rings. The highest BCUT2D eigenvalue weighted by Crippen LogP contribution is 2.45. The normalized spacial score (nSPS) is 24.9. The van der Waals surface area contributed by atoms with Crippen LogP contribution in [0.5, 0.6) is 0 Å². The van der Waals surface area contributed by atoms with Gasteiger partial charge in [0.1, 0.15) is 17.1 Å². The van der Waals surface area contributed by atoms with Crippen molar-refractivity contribution in [1.82, 2.24) is 14.3 Å². The molecule has 1 unspecified atom stereocenters. The number of fused-ring (bicyclic) bond motifs is 1. The largest absolute Gasteiger partial charge is 0.369 e. The van der Waals surface area contributed by atoms with Crippen LogP contribution in [-0.2, 0) is 26.7 Å². The first-order chi connectivity index (χ1) is 14.6. The number of nitrogens with two attached hydrogens (primary N) is 1. The average Bonchev–Trinajstić information content (AvgIpc) is 2.74. The second-order valence-corrected chi connectivity index (χ2v) is 9.68. The molecule has 1 aromatic heterocycles. The number of carbonyl (C=O) groups excluding carboxylic acids is 1. The number of ketones is 1. The first-order valence-corrected chi connectivity index (χ1v) is 11.2. The summed E-state index contributed by atoms with van der Waals surface area (Å²) in [7, 11) is -2.73. The van der Waals surface area contributed by atoms with Gasteiger partial charge >= 0.3 is 0 Å². The van der Waals surface area contributed by atoms with Crippen molar-refractivity contribution in [2.45, 2.75) is 37.2 Å². The van der Waals surface area contributed by atoms with Crippen LogP contribution in [0.15, 0.2) is 35.6 Å². The van der Waals surface area contributed by atoms with Gasteiger partial charge < -0.3 is 10.5 Å². The Labute approximate surface area is 179 Å². The van der Waals surface area contributed by atoms with E-state index in [1.807, 2.05) is 0 Å². The maximum absolute atomic E-state index is 15.0. The number of carbonyl (C=O) groups is 1. The van der Waals surface area contributed by atoms with E-state index in [1.54, 1.807) is 6.92 Å². The molecule has 0 spiro atoms. The van der Waals surface area contributed by atoms with Crippen LogP contribution in [-0.4, -0.2) is 53.5 Å². The molecule has 0 aliphatic carbocycles. The van der Waals surface area contributed by atoms with Gasteiger partial charge in [0.25, 0.3) is 10.0 Å². The average molecular weight is 447 g/mol. The lowest BCUT2D eigenvalue weighted by molar-refractivity contribution is 0.000551. The lowest BCUT2D eigenvalue weighted by Crippen LogP contribution is -2.60. The van der Waals surface area contributed by atoms with Gasteiger partial charge in [-0.2, -0.15) is 0 Å². The first-order valence-electron chi connectivity index (χ1n) is 9.70. The van der Waals surface area contributed by atoms with Crippen molar-refractivity contribution in [2.75, 3.05) is 13.7 Å². The molecule has 2 aromatic rings. The third-order valence-corrected chi connectivity index (χ3v) is 7.60. The minimum atomic E-state index is -4.01. The number of hydrogen-bond donors (Lipinski definition) is 1. The van der Waals surface area contributed by atoms with Crippen LogP contribution in [0.25, 0.3) is 0 Å². The number of aryl methyl sites for hydroxylation is 1. The molecule has 0 amide bonds. The first kappa shape index (κ1) is 21.3. The fourth-order valence-electron chi connectivity index (χ4n) is 3.93. The van der Waals surface area contributed by atoms with Gasteiger partial charge in [0, 0.05) is 31.8 Å². The lowest BCUT2D eigenvalue weighted by atomic mass is 9.83. The van der Waals surface area contributed by atoms with Gasteiger partial charge in [0.2, 0.25) is 11.4 Å². The zero-order valence-corrected chi connectivity index (χ0v) is 17.9. The predicted molar refractivity (Wildman–Crippen MR) is 110 cm³/mol. The third-order valence-electron chi connectivity index (χ3n) is 5.58. The number of aromatic nitrogens is 2. The molecule has 0 saturated carbocycles. The van der Waals surface area contributed by atoms with Crippen LogP contribution in [0, 0.1) is 12.7 Å². The lowest BCUT2D eigenvalue weighted by Gasteiger charge is -2.45. The number of sulfonamides is 1. The Kier molecular flexibility index (Phi) is 5.26. The van der Waals surface area contributed by atoms with E-state index in [9.17, 15) is 13.2 Å². The zero-order valence-electron chi connectivity index (χ0n) is 17.1. The number of hydrogen-bond acceptors (Lipinski definition) is 8. The molecular weight excluding hydrogens is 425 g/mol. The molecule has 11 heteroatoms. The van der Waals surface area contributed by atoms with Crippen molar-refractivity contribution in [3.05, 3.63) is 58.9 Å². The Morgan fingerprint density at radius 3 is 2.84 bits per heavy atom. The van der Waals surface area contributed by atoms with Crippen LogP contribution in [0.4, 0.5) is 4.39 Å². The summed E-state index contributed by atoms with van der Waals surface area (Å²) in [6.07, 6.45) is 3.54. The number of halogens is 1. The van der Waals surface area contributed by atoms with Gasteiger partial charge in [-0.05, 0) is 37.5 Å². The van der Waals surface area contributed by atoms with E-state index in [0.717, 1.165) is 4.31 Å². The maximum Gasteiger partial charge on any atom is 0.267 e. The van der Waals surface area contributed by atoms with Gasteiger partial charge in [-0.25, -0.2) is 27.1 Å². The Bertz CT molecular complexity index is 1170. The van der Waals surface area contributed by atoms with E-state index in [4.69, 9.17) is 10.5 Å². The standard InChI is InChI=1S/C20H22FN5O4S/c1-12-10-24-16(11-23-12)17(27)9-13-4-5-15(21)14(8-13)20-6-3-7-30-18(20)31(28,29)26(2)19(22)25-20/h4-5,8,10-11,18H,3,6-7,9H2,1-2H3,(H2,22,25)/t18?,20-/m1/s1. The molecule has 31 heavy (non-hydrogen) atoms. The Morgan fingerprint density at radius 1 is 1.35 bits per heavy atom. The molecule has 3 heterocycles. The molecule has 0 bridgehead atoms. The van der Waals surface area contributed by atoms with E-state index in [0.29, 0.717) is 17.7 Å². The van der Waals surface area contributed by atoms with E-state index >= 15 is 4.39 Å². The quantitative estimate of drug-likeness (QED) is 0.699. The second-order valence-electron chi connectivity index (χ2n) is 7.67. The Morgan fingerprint density at radius 2 is 2.13 bits per heavy atom. The summed E-state index contributed by atoms with van der Waals surface area (Å²) in [6.45, 7) is 1.97. The fourth-order valence-corrected chi connectivity index (χ4v) is 5.57. The van der Waals surface area contributed by atoms with E-state index in [1.165, 1.54) is 37.6 Å². The fraction of sp³-hybridized carbons (Fsp3) is 0.400. The van der Waals surface area contributed by atoms with Crippen molar-refractivity contribution in [1.29, 1.82) is 0 Å². The minimum Gasteiger partial charge on any atom is -0.369 e. The highest BCUT2D eigenvalue weighted by Gasteiger charge is 2.56. The Balaban J connectivity index is 1.77. The van der Waals surface area contributed by atoms with Crippen LogP contribution < -0.4 is 5.73 Å². The zero-order chi connectivity index (χ0) is 22.4. The van der Waals surface area contributed by atoms with Crippen molar-refractivity contribution in [3.8, 4) is 0 Å². The summed E-state index contributed by atoms with van der Waals surface area (Å²) in [4.78, 5) is 25.2. The number of rotatable bonds is 4. The van der Waals surface area contributed by atoms with Gasteiger partial charge in [-0.3, -0.25) is 9.78 Å². The highest BCUT2D eigenvalue weighted by molar-refractivity contribution is 7.90. The molecule has 9 nitrogen and oxygen atoms in total. The van der Waals surface area contributed by atoms with Crippen LogP contribution in [0.3, 0.4) is 0 Å². The molecule has 4 rings (SSSR count). The smallest absolute Gasteiger partial charge is 0.267 e. The highest BCUT2D eigenvalue weighted by atomic mass is 32.2. The molecular formula is C20H22FN5O4S. The van der Waals surface area contributed by atoms with Crippen molar-refractivity contribution < 1.29 is 22.3 Å². The van der Waals surface area contributed by atoms with Crippen molar-refractivity contribution in [3.63, 3.8) is 0 Å². The van der Waals surface area contributed by atoms with E-state index < -0.39 is 26.8 Å². The number of aliphatic imine (C=N–C) groups is 1. The van der Waals surface area contributed by atoms with Crippen molar-refractivity contribution in [2.24, 2.45) is 10.7 Å². The number of ether oxygens (including phenoxy) is 1. The number of benzene rings is 1. The molecule has 2 aliphatic rings. The second kappa shape index (κ2) is 7.65. The summed E-state index contributed by atoms with van der Waals surface area (Å²) in [5.41, 5.74) is 4.36. The SMILES string of the molecule is Cc1cnc(C(=O)Cc2ccc(F)c([C@]34CCCOC3S(=O)(=O)N(C)C(N)=N4)c2)cn1. The van der Waals surface area contributed by atoms with Crippen molar-refractivity contribution >= 4 is 21.8 Å². The number of Topliss-reactive ketones (excluding diaryl/α,β-unsaturated/α-hetero) is 1. The third kappa shape index (κ3) is 3.57. The van der Waals surface area contributed by atoms with Crippen LogP contribution in [0.1, 0.15) is 40.2 Å². The van der Waals surface area contributed by atoms with Gasteiger partial charge in [0.15, 0.2) is 5.78 Å².